The Morgan fingerprint density at radius 3 is 2.50 bits per heavy atom. The van der Waals surface area contributed by atoms with Crippen molar-refractivity contribution >= 4 is 11.9 Å². The molecule has 0 spiro atoms. The van der Waals surface area contributed by atoms with E-state index in [1.807, 2.05) is 0 Å². The van der Waals surface area contributed by atoms with Gasteiger partial charge >= 0.3 is 12.3 Å². The summed E-state index contributed by atoms with van der Waals surface area (Å²) in [5.41, 5.74) is -0.402. The summed E-state index contributed by atoms with van der Waals surface area (Å²) in [7, 11) is 0. The van der Waals surface area contributed by atoms with Gasteiger partial charge in [-0.25, -0.2) is 0 Å². The van der Waals surface area contributed by atoms with Crippen LogP contribution >= 0.6 is 0 Å². The summed E-state index contributed by atoms with van der Waals surface area (Å²) in [6.45, 7) is 0. The van der Waals surface area contributed by atoms with Crippen molar-refractivity contribution in [1.29, 1.82) is 0 Å². The van der Waals surface area contributed by atoms with Crippen molar-refractivity contribution in [2.24, 2.45) is 0 Å². The van der Waals surface area contributed by atoms with Crippen molar-refractivity contribution in [3.05, 3.63) is 29.8 Å². The maximum Gasteiger partial charge on any atom is 0.573 e. The quantitative estimate of drug-likeness (QED) is 0.831. The molecule has 5 nitrogen and oxygen atoms in total. The van der Waals surface area contributed by atoms with Gasteiger partial charge in [0.2, 0.25) is 5.91 Å². The molecular weight excluding hydrogens is 327 g/mol. The number of alkyl halides is 3. The highest BCUT2D eigenvalue weighted by Gasteiger charge is 2.37. The van der Waals surface area contributed by atoms with Crippen LogP contribution in [0.2, 0.25) is 0 Å². The normalized spacial score (nSPS) is 16.6. The third kappa shape index (κ3) is 5.43. The molecule has 1 aromatic carbocycles. The average molecular weight is 345 g/mol. The molecule has 8 heteroatoms. The first kappa shape index (κ1) is 18.1. The van der Waals surface area contributed by atoms with E-state index in [9.17, 15) is 22.8 Å². The highest BCUT2D eigenvalue weighted by atomic mass is 19.4. The van der Waals surface area contributed by atoms with Crippen LogP contribution in [-0.2, 0) is 16.0 Å². The van der Waals surface area contributed by atoms with Crippen LogP contribution in [-0.4, -0.2) is 28.9 Å². The molecule has 0 saturated heterocycles. The number of carbonyl (C=O) groups is 2. The Kier molecular flexibility index (Phi) is 5.36. The molecule has 0 radical (unpaired) electrons. The largest absolute Gasteiger partial charge is 0.573 e. The van der Waals surface area contributed by atoms with Gasteiger partial charge in [-0.1, -0.05) is 25.0 Å². The Morgan fingerprint density at radius 2 is 1.92 bits per heavy atom. The summed E-state index contributed by atoms with van der Waals surface area (Å²) >= 11 is 0. The number of carboxylic acids is 1. The molecule has 1 aliphatic rings. The lowest BCUT2D eigenvalue weighted by atomic mass is 9.92. The number of ether oxygens (including phenoxy) is 1. The molecule has 0 unspecified atom stereocenters. The summed E-state index contributed by atoms with van der Waals surface area (Å²) in [5, 5.41) is 11.8. The molecule has 1 fully saturated rings. The zero-order valence-corrected chi connectivity index (χ0v) is 12.9. The van der Waals surface area contributed by atoms with Crippen LogP contribution in [0.4, 0.5) is 13.2 Å². The Labute approximate surface area is 136 Å². The molecule has 132 valence electrons. The molecular formula is C16H18F3NO4. The van der Waals surface area contributed by atoms with Crippen LogP contribution in [0.5, 0.6) is 5.75 Å². The van der Waals surface area contributed by atoms with E-state index in [-0.39, 0.29) is 12.8 Å². The van der Waals surface area contributed by atoms with E-state index < -0.39 is 29.5 Å². The first-order chi connectivity index (χ1) is 11.2. The number of aliphatic carboxylic acids is 1. The van der Waals surface area contributed by atoms with E-state index in [4.69, 9.17) is 5.11 Å². The summed E-state index contributed by atoms with van der Waals surface area (Å²) in [6.07, 6.45) is -2.25. The molecule has 0 aromatic heterocycles. The summed E-state index contributed by atoms with van der Waals surface area (Å²) in [4.78, 5) is 23.2. The van der Waals surface area contributed by atoms with E-state index in [1.54, 1.807) is 0 Å². The lowest BCUT2D eigenvalue weighted by molar-refractivity contribution is -0.274. The zero-order chi connectivity index (χ0) is 17.8. The molecule has 0 bridgehead atoms. The van der Waals surface area contributed by atoms with Crippen molar-refractivity contribution in [3.8, 4) is 5.75 Å². The van der Waals surface area contributed by atoms with Gasteiger partial charge in [0.25, 0.3) is 0 Å². The van der Waals surface area contributed by atoms with E-state index in [2.05, 4.69) is 10.1 Å². The first-order valence-corrected chi connectivity index (χ1v) is 7.55. The van der Waals surface area contributed by atoms with Crippen LogP contribution in [0, 0.1) is 0 Å². The number of amides is 1. The number of hydrogen-bond acceptors (Lipinski definition) is 3. The fourth-order valence-corrected chi connectivity index (χ4v) is 3.07. The number of nitrogens with one attached hydrogen (secondary N) is 1. The SMILES string of the molecule is O=C(O)CC1(NC(=O)Cc2cccc(OC(F)(F)F)c2)CCCC1. The van der Waals surface area contributed by atoms with E-state index in [0.717, 1.165) is 25.0 Å². The third-order valence-corrected chi connectivity index (χ3v) is 3.95. The molecule has 24 heavy (non-hydrogen) atoms. The van der Waals surface area contributed by atoms with E-state index >= 15 is 0 Å². The van der Waals surface area contributed by atoms with Gasteiger partial charge < -0.3 is 15.2 Å². The monoisotopic (exact) mass is 345 g/mol. The smallest absolute Gasteiger partial charge is 0.481 e. The fourth-order valence-electron chi connectivity index (χ4n) is 3.07. The van der Waals surface area contributed by atoms with Crippen molar-refractivity contribution in [2.75, 3.05) is 0 Å². The fraction of sp³-hybridized carbons (Fsp3) is 0.500. The van der Waals surface area contributed by atoms with Crippen LogP contribution in [0.3, 0.4) is 0 Å². The van der Waals surface area contributed by atoms with Gasteiger partial charge in [-0.15, -0.1) is 13.2 Å². The minimum Gasteiger partial charge on any atom is -0.481 e. The second-order valence-electron chi connectivity index (χ2n) is 5.98. The van der Waals surface area contributed by atoms with Gasteiger partial charge in [0.15, 0.2) is 0 Å². The number of benzene rings is 1. The summed E-state index contributed by atoms with van der Waals surface area (Å²) in [5.74, 6) is -1.80. The van der Waals surface area contributed by atoms with Gasteiger partial charge in [0.05, 0.1) is 18.4 Å². The maximum atomic E-state index is 12.2. The predicted molar refractivity (Wildman–Crippen MR) is 78.4 cm³/mol. The maximum absolute atomic E-state index is 12.2. The molecule has 0 heterocycles. The van der Waals surface area contributed by atoms with Gasteiger partial charge in [0, 0.05) is 0 Å². The third-order valence-electron chi connectivity index (χ3n) is 3.95. The predicted octanol–water partition coefficient (Wildman–Crippen LogP) is 3.03. The van der Waals surface area contributed by atoms with Crippen LogP contribution < -0.4 is 10.1 Å². The Hall–Kier alpha value is -2.25. The lowest BCUT2D eigenvalue weighted by Crippen LogP contribution is -2.48. The standard InChI is InChI=1S/C16H18F3NO4/c17-16(18,19)24-12-5-3-4-11(8-12)9-13(21)20-15(10-14(22)23)6-1-2-7-15/h3-5,8H,1-2,6-7,9-10H2,(H,20,21)(H,22,23). The van der Waals surface area contributed by atoms with Crippen molar-refractivity contribution < 1.29 is 32.6 Å². The minimum atomic E-state index is -4.80. The second kappa shape index (κ2) is 7.11. The topological polar surface area (TPSA) is 75.6 Å². The average Bonchev–Trinajstić information content (AvgIpc) is 2.83. The summed E-state index contributed by atoms with van der Waals surface area (Å²) < 4.78 is 40.5. The van der Waals surface area contributed by atoms with Crippen LogP contribution in [0.15, 0.2) is 24.3 Å². The van der Waals surface area contributed by atoms with Crippen LogP contribution in [0.1, 0.15) is 37.7 Å². The number of halogens is 3. The van der Waals surface area contributed by atoms with Gasteiger partial charge in [-0.3, -0.25) is 9.59 Å². The number of carboxylic acid groups (broad SMARTS) is 1. The Balaban J connectivity index is 2.01. The first-order valence-electron chi connectivity index (χ1n) is 7.55. The van der Waals surface area contributed by atoms with Crippen LogP contribution in [0.25, 0.3) is 0 Å². The molecule has 2 N–H and O–H groups in total. The van der Waals surface area contributed by atoms with E-state index in [0.29, 0.717) is 18.4 Å². The number of hydrogen-bond donors (Lipinski definition) is 2. The highest BCUT2D eigenvalue weighted by molar-refractivity contribution is 5.80. The van der Waals surface area contributed by atoms with Crippen molar-refractivity contribution in [2.45, 2.75) is 50.4 Å². The molecule has 1 amide bonds. The van der Waals surface area contributed by atoms with Crippen molar-refractivity contribution in [3.63, 3.8) is 0 Å². The highest BCUT2D eigenvalue weighted by Crippen LogP contribution is 2.32. The van der Waals surface area contributed by atoms with Gasteiger partial charge in [-0.2, -0.15) is 0 Å². The summed E-state index contributed by atoms with van der Waals surface area (Å²) in [6, 6.07) is 5.18. The Bertz CT molecular complexity index is 610. The molecule has 1 saturated carbocycles. The molecule has 0 aliphatic heterocycles. The number of rotatable bonds is 6. The van der Waals surface area contributed by atoms with Gasteiger partial charge in [-0.05, 0) is 30.5 Å². The van der Waals surface area contributed by atoms with E-state index in [1.165, 1.54) is 12.1 Å². The molecule has 1 aliphatic carbocycles. The molecule has 0 atom stereocenters. The minimum absolute atomic E-state index is 0.142. The second-order valence-corrected chi connectivity index (χ2v) is 5.98. The number of carbonyl (C=O) groups excluding carboxylic acids is 1. The zero-order valence-electron chi connectivity index (χ0n) is 12.9. The molecule has 2 rings (SSSR count). The van der Waals surface area contributed by atoms with Crippen molar-refractivity contribution in [1.82, 2.24) is 5.32 Å². The Morgan fingerprint density at radius 1 is 1.25 bits per heavy atom. The lowest BCUT2D eigenvalue weighted by Gasteiger charge is -2.28. The van der Waals surface area contributed by atoms with Gasteiger partial charge in [0.1, 0.15) is 5.75 Å². The molecule has 1 aromatic rings.